The summed E-state index contributed by atoms with van der Waals surface area (Å²) in [4.78, 5) is 11.5. The fourth-order valence-corrected chi connectivity index (χ4v) is 2.67. The molecular formula is C12H11ClO4. The summed E-state index contributed by atoms with van der Waals surface area (Å²) < 4.78 is 10.6. The monoisotopic (exact) mass is 254 g/mol. The van der Waals surface area contributed by atoms with Crippen molar-refractivity contribution in [2.24, 2.45) is 0 Å². The molecule has 0 unspecified atom stereocenters. The Morgan fingerprint density at radius 2 is 2.00 bits per heavy atom. The van der Waals surface area contributed by atoms with Gasteiger partial charge in [0.05, 0.1) is 10.4 Å². The normalized spacial score (nSPS) is 19.8. The van der Waals surface area contributed by atoms with Crippen molar-refractivity contribution in [1.82, 2.24) is 0 Å². The SMILES string of the molecule is O=C(O)C1(c2ccc(Cl)c3c2OCO3)CCC1. The summed E-state index contributed by atoms with van der Waals surface area (Å²) in [6.07, 6.45) is 2.20. The van der Waals surface area contributed by atoms with E-state index in [1.54, 1.807) is 12.1 Å². The van der Waals surface area contributed by atoms with E-state index < -0.39 is 11.4 Å². The second kappa shape index (κ2) is 3.53. The largest absolute Gasteiger partial charge is 0.481 e. The van der Waals surface area contributed by atoms with Gasteiger partial charge < -0.3 is 14.6 Å². The van der Waals surface area contributed by atoms with Gasteiger partial charge in [-0.3, -0.25) is 4.79 Å². The van der Waals surface area contributed by atoms with E-state index in [1.165, 1.54) is 0 Å². The third-order valence-electron chi connectivity index (χ3n) is 3.60. The number of carbonyl (C=O) groups is 1. The van der Waals surface area contributed by atoms with Gasteiger partial charge in [-0.25, -0.2) is 0 Å². The van der Waals surface area contributed by atoms with Gasteiger partial charge in [-0.15, -0.1) is 0 Å². The molecule has 1 aliphatic heterocycles. The van der Waals surface area contributed by atoms with Crippen molar-refractivity contribution in [2.75, 3.05) is 6.79 Å². The molecule has 2 aliphatic rings. The average molecular weight is 255 g/mol. The number of fused-ring (bicyclic) bond motifs is 1. The summed E-state index contributed by atoms with van der Waals surface area (Å²) in [5.74, 6) is 0.167. The minimum Gasteiger partial charge on any atom is -0.481 e. The lowest BCUT2D eigenvalue weighted by Crippen LogP contribution is -2.42. The molecule has 17 heavy (non-hydrogen) atoms. The molecular weight excluding hydrogens is 244 g/mol. The van der Waals surface area contributed by atoms with Crippen LogP contribution < -0.4 is 9.47 Å². The Morgan fingerprint density at radius 3 is 2.59 bits per heavy atom. The first-order chi connectivity index (χ1) is 8.15. The van der Waals surface area contributed by atoms with Gasteiger partial charge in [0.25, 0.3) is 0 Å². The fraction of sp³-hybridized carbons (Fsp3) is 0.417. The highest BCUT2D eigenvalue weighted by atomic mass is 35.5. The van der Waals surface area contributed by atoms with Crippen molar-refractivity contribution in [1.29, 1.82) is 0 Å². The van der Waals surface area contributed by atoms with Crippen LogP contribution in [0.3, 0.4) is 0 Å². The molecule has 3 rings (SSSR count). The van der Waals surface area contributed by atoms with E-state index in [9.17, 15) is 9.90 Å². The number of hydrogen-bond donors (Lipinski definition) is 1. The van der Waals surface area contributed by atoms with Gasteiger partial charge in [0.1, 0.15) is 0 Å². The van der Waals surface area contributed by atoms with Crippen LogP contribution in [0.2, 0.25) is 5.02 Å². The van der Waals surface area contributed by atoms with Crippen LogP contribution in [0.5, 0.6) is 11.5 Å². The highest BCUT2D eigenvalue weighted by Crippen LogP contribution is 2.52. The Labute approximate surface area is 103 Å². The maximum absolute atomic E-state index is 11.5. The van der Waals surface area contributed by atoms with Crippen LogP contribution in [-0.4, -0.2) is 17.9 Å². The first-order valence-corrected chi connectivity index (χ1v) is 5.85. The number of rotatable bonds is 2. The molecule has 0 atom stereocenters. The zero-order valence-corrected chi connectivity index (χ0v) is 9.79. The van der Waals surface area contributed by atoms with Crippen LogP contribution in [0.4, 0.5) is 0 Å². The second-order valence-electron chi connectivity index (χ2n) is 4.40. The molecule has 1 aliphatic carbocycles. The zero-order chi connectivity index (χ0) is 12.0. The molecule has 0 spiro atoms. The smallest absolute Gasteiger partial charge is 0.314 e. The lowest BCUT2D eigenvalue weighted by atomic mass is 9.64. The quantitative estimate of drug-likeness (QED) is 0.881. The molecule has 1 fully saturated rings. The van der Waals surface area contributed by atoms with E-state index in [4.69, 9.17) is 21.1 Å². The summed E-state index contributed by atoms with van der Waals surface area (Å²) in [5.41, 5.74) is -0.129. The molecule has 1 aromatic rings. The Hall–Kier alpha value is -1.42. The van der Waals surface area contributed by atoms with Crippen molar-refractivity contribution in [3.05, 3.63) is 22.7 Å². The predicted octanol–water partition coefficient (Wildman–Crippen LogP) is 2.58. The van der Waals surface area contributed by atoms with Gasteiger partial charge in [-0.2, -0.15) is 0 Å². The molecule has 4 nitrogen and oxygen atoms in total. The van der Waals surface area contributed by atoms with E-state index >= 15 is 0 Å². The molecule has 1 saturated carbocycles. The lowest BCUT2D eigenvalue weighted by molar-refractivity contribution is -0.147. The molecule has 0 amide bonds. The standard InChI is InChI=1S/C12H11ClO4/c13-8-3-2-7(9-10(8)17-6-16-9)12(11(14)15)4-1-5-12/h2-3H,1,4-6H2,(H,14,15). The number of carboxylic acid groups (broad SMARTS) is 1. The lowest BCUT2D eigenvalue weighted by Gasteiger charge is -2.38. The molecule has 1 heterocycles. The number of hydrogen-bond acceptors (Lipinski definition) is 3. The van der Waals surface area contributed by atoms with E-state index in [0.29, 0.717) is 34.9 Å². The van der Waals surface area contributed by atoms with Gasteiger partial charge in [-0.1, -0.05) is 24.1 Å². The van der Waals surface area contributed by atoms with Crippen LogP contribution >= 0.6 is 11.6 Å². The van der Waals surface area contributed by atoms with E-state index in [2.05, 4.69) is 0 Å². The molecule has 0 saturated heterocycles. The topological polar surface area (TPSA) is 55.8 Å². The maximum atomic E-state index is 11.5. The number of benzene rings is 1. The van der Waals surface area contributed by atoms with Gasteiger partial charge >= 0.3 is 5.97 Å². The molecule has 1 N–H and O–H groups in total. The molecule has 0 radical (unpaired) electrons. The van der Waals surface area contributed by atoms with Crippen molar-refractivity contribution in [2.45, 2.75) is 24.7 Å². The highest BCUT2D eigenvalue weighted by molar-refractivity contribution is 6.32. The molecule has 1 aromatic carbocycles. The predicted molar refractivity (Wildman–Crippen MR) is 60.7 cm³/mol. The summed E-state index contributed by atoms with van der Waals surface area (Å²) >= 11 is 5.98. The highest BCUT2D eigenvalue weighted by Gasteiger charge is 2.49. The number of halogens is 1. The summed E-state index contributed by atoms with van der Waals surface area (Å²) in [5, 5.41) is 9.87. The van der Waals surface area contributed by atoms with E-state index in [1.807, 2.05) is 0 Å². The Balaban J connectivity index is 2.16. The Kier molecular flexibility index (Phi) is 2.23. The summed E-state index contributed by atoms with van der Waals surface area (Å²) in [7, 11) is 0. The van der Waals surface area contributed by atoms with E-state index in [-0.39, 0.29) is 6.79 Å². The number of aliphatic carboxylic acids is 1. The van der Waals surface area contributed by atoms with Crippen LogP contribution in [-0.2, 0) is 10.2 Å². The third kappa shape index (κ3) is 1.33. The zero-order valence-electron chi connectivity index (χ0n) is 9.03. The van der Waals surface area contributed by atoms with Crippen molar-refractivity contribution < 1.29 is 19.4 Å². The molecule has 90 valence electrons. The summed E-state index contributed by atoms with van der Waals surface area (Å²) in [6.45, 7) is 0.0990. The molecule has 0 bridgehead atoms. The Morgan fingerprint density at radius 1 is 1.29 bits per heavy atom. The number of ether oxygens (including phenoxy) is 2. The van der Waals surface area contributed by atoms with Gasteiger partial charge in [0.15, 0.2) is 11.5 Å². The first kappa shape index (κ1) is 10.7. The molecule has 5 heteroatoms. The number of carboxylic acids is 1. The fourth-order valence-electron chi connectivity index (χ4n) is 2.47. The average Bonchev–Trinajstić information content (AvgIpc) is 2.68. The third-order valence-corrected chi connectivity index (χ3v) is 3.90. The molecule has 0 aromatic heterocycles. The van der Waals surface area contributed by atoms with Gasteiger partial charge in [0, 0.05) is 5.56 Å². The van der Waals surface area contributed by atoms with Gasteiger partial charge in [-0.05, 0) is 18.9 Å². The maximum Gasteiger partial charge on any atom is 0.314 e. The Bertz CT molecular complexity index is 494. The van der Waals surface area contributed by atoms with Crippen LogP contribution in [0.1, 0.15) is 24.8 Å². The van der Waals surface area contributed by atoms with Crippen LogP contribution in [0.25, 0.3) is 0 Å². The van der Waals surface area contributed by atoms with Crippen molar-refractivity contribution >= 4 is 17.6 Å². The minimum atomic E-state index is -0.817. The van der Waals surface area contributed by atoms with Crippen LogP contribution in [0.15, 0.2) is 12.1 Å². The van der Waals surface area contributed by atoms with Gasteiger partial charge in [0.2, 0.25) is 6.79 Å². The second-order valence-corrected chi connectivity index (χ2v) is 4.81. The summed E-state index contributed by atoms with van der Waals surface area (Å²) in [6, 6.07) is 3.41. The van der Waals surface area contributed by atoms with Crippen molar-refractivity contribution in [3.8, 4) is 11.5 Å². The first-order valence-electron chi connectivity index (χ1n) is 5.47. The van der Waals surface area contributed by atoms with Crippen LogP contribution in [0, 0.1) is 0 Å². The van der Waals surface area contributed by atoms with E-state index in [0.717, 1.165) is 6.42 Å². The minimum absolute atomic E-state index is 0.0990. The van der Waals surface area contributed by atoms with Crippen molar-refractivity contribution in [3.63, 3.8) is 0 Å².